The number of aryl methyl sites for hydroxylation is 1. The van der Waals surface area contributed by atoms with Crippen molar-refractivity contribution in [3.63, 3.8) is 0 Å². The highest BCUT2D eigenvalue weighted by molar-refractivity contribution is 6.32. The van der Waals surface area contributed by atoms with Crippen LogP contribution in [-0.2, 0) is 11.2 Å². The topological polar surface area (TPSA) is 71.8 Å². The molecule has 2 rings (SSSR count). The van der Waals surface area contributed by atoms with Gasteiger partial charge in [-0.2, -0.15) is 0 Å². The molecule has 1 aromatic carbocycles. The van der Waals surface area contributed by atoms with E-state index in [1.165, 1.54) is 6.07 Å². The Morgan fingerprint density at radius 2 is 2.08 bits per heavy atom. The molecular weight excluding hydrogens is 356 g/mol. The molecule has 0 aliphatic heterocycles. The summed E-state index contributed by atoms with van der Waals surface area (Å²) in [7, 11) is 3.97. The SMILES string of the molecule is CCc1cc(=O)oc2cc(OC(C)C(=O)NCCCN(C)C)c(Cl)cc12. The number of rotatable bonds is 8. The summed E-state index contributed by atoms with van der Waals surface area (Å²) in [4.78, 5) is 25.9. The predicted molar refractivity (Wildman–Crippen MR) is 103 cm³/mol. The van der Waals surface area contributed by atoms with Crippen molar-refractivity contribution in [3.8, 4) is 5.75 Å². The van der Waals surface area contributed by atoms with Gasteiger partial charge in [-0.25, -0.2) is 4.79 Å². The molecule has 0 bridgehead atoms. The van der Waals surface area contributed by atoms with Crippen LogP contribution in [0.15, 0.2) is 27.4 Å². The molecule has 0 aliphatic rings. The summed E-state index contributed by atoms with van der Waals surface area (Å²) < 4.78 is 10.9. The molecule has 0 radical (unpaired) electrons. The third-order valence-electron chi connectivity index (χ3n) is 4.02. The Morgan fingerprint density at radius 3 is 2.73 bits per heavy atom. The van der Waals surface area contributed by atoms with Gasteiger partial charge < -0.3 is 19.4 Å². The van der Waals surface area contributed by atoms with E-state index in [1.807, 2.05) is 21.0 Å². The summed E-state index contributed by atoms with van der Waals surface area (Å²) in [6.45, 7) is 5.07. The van der Waals surface area contributed by atoms with Crippen LogP contribution in [0.3, 0.4) is 0 Å². The number of nitrogens with zero attached hydrogens (tertiary/aromatic N) is 1. The van der Waals surface area contributed by atoms with Gasteiger partial charge in [-0.1, -0.05) is 18.5 Å². The molecule has 1 amide bonds. The second kappa shape index (κ2) is 9.05. The maximum Gasteiger partial charge on any atom is 0.336 e. The van der Waals surface area contributed by atoms with E-state index in [4.69, 9.17) is 20.8 Å². The van der Waals surface area contributed by atoms with Crippen LogP contribution in [0.2, 0.25) is 5.02 Å². The van der Waals surface area contributed by atoms with E-state index in [0.29, 0.717) is 29.3 Å². The Hall–Kier alpha value is -2.05. The number of fused-ring (bicyclic) bond motifs is 1. The molecular formula is C19H25ClN2O4. The van der Waals surface area contributed by atoms with Crippen LogP contribution in [0.1, 0.15) is 25.8 Å². The number of nitrogens with one attached hydrogen (secondary N) is 1. The normalized spacial score (nSPS) is 12.4. The first-order chi connectivity index (χ1) is 12.3. The van der Waals surface area contributed by atoms with Crippen LogP contribution in [-0.4, -0.2) is 44.1 Å². The van der Waals surface area contributed by atoms with Crippen molar-refractivity contribution in [1.82, 2.24) is 10.2 Å². The van der Waals surface area contributed by atoms with E-state index in [9.17, 15) is 9.59 Å². The Bertz CT molecular complexity index is 832. The lowest BCUT2D eigenvalue weighted by molar-refractivity contribution is -0.127. The van der Waals surface area contributed by atoms with E-state index < -0.39 is 11.7 Å². The van der Waals surface area contributed by atoms with Gasteiger partial charge in [0.15, 0.2) is 6.10 Å². The molecule has 2 aromatic rings. The third-order valence-corrected chi connectivity index (χ3v) is 4.31. The van der Waals surface area contributed by atoms with E-state index in [0.717, 1.165) is 23.9 Å². The average molecular weight is 381 g/mol. The predicted octanol–water partition coefficient (Wildman–Crippen LogP) is 2.84. The summed E-state index contributed by atoms with van der Waals surface area (Å²) in [6, 6.07) is 4.73. The van der Waals surface area contributed by atoms with E-state index in [2.05, 4.69) is 10.2 Å². The molecule has 1 unspecified atom stereocenters. The molecule has 0 saturated heterocycles. The van der Waals surface area contributed by atoms with Gasteiger partial charge >= 0.3 is 5.63 Å². The summed E-state index contributed by atoms with van der Waals surface area (Å²) in [5, 5.41) is 3.97. The first-order valence-corrected chi connectivity index (χ1v) is 9.05. The van der Waals surface area contributed by atoms with Gasteiger partial charge in [0.25, 0.3) is 5.91 Å². The molecule has 6 nitrogen and oxygen atoms in total. The Kier molecular flexibility index (Phi) is 7.06. The fraction of sp³-hybridized carbons (Fsp3) is 0.474. The smallest absolute Gasteiger partial charge is 0.336 e. The summed E-state index contributed by atoms with van der Waals surface area (Å²) in [5.41, 5.74) is 0.832. The van der Waals surface area contributed by atoms with Gasteiger partial charge in [-0.3, -0.25) is 4.79 Å². The van der Waals surface area contributed by atoms with E-state index >= 15 is 0 Å². The van der Waals surface area contributed by atoms with Crippen molar-refractivity contribution in [2.45, 2.75) is 32.8 Å². The third kappa shape index (κ3) is 5.22. The van der Waals surface area contributed by atoms with Gasteiger partial charge in [0, 0.05) is 24.1 Å². The zero-order valence-electron chi connectivity index (χ0n) is 15.6. The Morgan fingerprint density at radius 1 is 1.35 bits per heavy atom. The lowest BCUT2D eigenvalue weighted by Gasteiger charge is -2.17. The van der Waals surface area contributed by atoms with E-state index in [1.54, 1.807) is 19.1 Å². The maximum atomic E-state index is 12.2. The van der Waals surface area contributed by atoms with Gasteiger partial charge in [0.05, 0.1) is 5.02 Å². The quantitative estimate of drug-likeness (QED) is 0.563. The van der Waals surface area contributed by atoms with Crippen LogP contribution in [0.4, 0.5) is 0 Å². The number of ether oxygens (including phenoxy) is 1. The van der Waals surface area contributed by atoms with Gasteiger partial charge in [0.2, 0.25) is 0 Å². The number of amides is 1. The lowest BCUT2D eigenvalue weighted by Crippen LogP contribution is -2.37. The van der Waals surface area contributed by atoms with Crippen LogP contribution < -0.4 is 15.7 Å². The number of hydrogen-bond donors (Lipinski definition) is 1. The minimum atomic E-state index is -0.717. The second-order valence-electron chi connectivity index (χ2n) is 6.43. The Labute approximate surface area is 158 Å². The van der Waals surface area contributed by atoms with Crippen LogP contribution in [0.5, 0.6) is 5.75 Å². The zero-order valence-corrected chi connectivity index (χ0v) is 16.4. The largest absolute Gasteiger partial charge is 0.479 e. The first kappa shape index (κ1) is 20.3. The average Bonchev–Trinajstić information content (AvgIpc) is 2.58. The number of benzene rings is 1. The number of hydrogen-bond acceptors (Lipinski definition) is 5. The minimum Gasteiger partial charge on any atom is -0.479 e. The minimum absolute atomic E-state index is 0.219. The molecule has 0 saturated carbocycles. The molecule has 0 aliphatic carbocycles. The van der Waals surface area contributed by atoms with Gasteiger partial charge in [0.1, 0.15) is 11.3 Å². The molecule has 1 atom stereocenters. The second-order valence-corrected chi connectivity index (χ2v) is 6.84. The molecule has 0 fully saturated rings. The molecule has 0 spiro atoms. The van der Waals surface area contributed by atoms with Crippen LogP contribution in [0.25, 0.3) is 11.0 Å². The van der Waals surface area contributed by atoms with Crippen LogP contribution >= 0.6 is 11.6 Å². The molecule has 7 heteroatoms. The highest BCUT2D eigenvalue weighted by atomic mass is 35.5. The van der Waals surface area contributed by atoms with Crippen molar-refractivity contribution in [3.05, 3.63) is 39.2 Å². The standard InChI is InChI=1S/C19H25ClN2O4/c1-5-13-9-18(23)26-16-11-17(15(20)10-14(13)16)25-12(2)19(24)21-7-6-8-22(3)4/h9-12H,5-8H2,1-4H3,(H,21,24). The fourth-order valence-electron chi connectivity index (χ4n) is 2.61. The zero-order chi connectivity index (χ0) is 19.3. The van der Waals surface area contributed by atoms with Crippen molar-refractivity contribution >= 4 is 28.5 Å². The van der Waals surface area contributed by atoms with Gasteiger partial charge in [-0.05, 0) is 52.0 Å². The molecule has 1 N–H and O–H groups in total. The monoisotopic (exact) mass is 380 g/mol. The number of carbonyl (C=O) groups excluding carboxylic acids is 1. The molecule has 142 valence electrons. The number of halogens is 1. The van der Waals surface area contributed by atoms with Crippen molar-refractivity contribution in [1.29, 1.82) is 0 Å². The summed E-state index contributed by atoms with van der Waals surface area (Å²) in [6.07, 6.45) is 0.822. The fourth-order valence-corrected chi connectivity index (χ4v) is 2.81. The Balaban J connectivity index is 2.11. The number of carbonyl (C=O) groups is 1. The van der Waals surface area contributed by atoms with Gasteiger partial charge in [-0.15, -0.1) is 0 Å². The van der Waals surface area contributed by atoms with Crippen molar-refractivity contribution < 1.29 is 13.9 Å². The van der Waals surface area contributed by atoms with E-state index in [-0.39, 0.29) is 5.91 Å². The first-order valence-electron chi connectivity index (χ1n) is 8.67. The highest BCUT2D eigenvalue weighted by Gasteiger charge is 2.17. The maximum absolute atomic E-state index is 12.2. The molecule has 26 heavy (non-hydrogen) atoms. The summed E-state index contributed by atoms with van der Waals surface area (Å²) >= 11 is 6.30. The van der Waals surface area contributed by atoms with Crippen molar-refractivity contribution in [2.24, 2.45) is 0 Å². The summed E-state index contributed by atoms with van der Waals surface area (Å²) in [5.74, 6) is 0.0928. The van der Waals surface area contributed by atoms with Crippen LogP contribution in [0, 0.1) is 0 Å². The van der Waals surface area contributed by atoms with Crippen molar-refractivity contribution in [2.75, 3.05) is 27.2 Å². The lowest BCUT2D eigenvalue weighted by atomic mass is 10.1. The molecule has 1 heterocycles. The highest BCUT2D eigenvalue weighted by Crippen LogP contribution is 2.32. The molecule has 1 aromatic heterocycles.